The maximum Gasteiger partial charge on any atom is 0.407 e. The Morgan fingerprint density at radius 2 is 2.04 bits per heavy atom. The molecule has 0 radical (unpaired) electrons. The molecule has 1 N–H and O–H groups in total. The summed E-state index contributed by atoms with van der Waals surface area (Å²) in [4.78, 5) is 28.2. The highest BCUT2D eigenvalue weighted by Crippen LogP contribution is 2.28. The highest BCUT2D eigenvalue weighted by Gasteiger charge is 2.18. The number of rotatable bonds is 7. The zero-order chi connectivity index (χ0) is 19.9. The van der Waals surface area contributed by atoms with Crippen molar-refractivity contribution in [3.05, 3.63) is 36.0 Å². The van der Waals surface area contributed by atoms with Gasteiger partial charge in [-0.15, -0.1) is 0 Å². The van der Waals surface area contributed by atoms with Gasteiger partial charge in [0.25, 0.3) is 0 Å². The van der Waals surface area contributed by atoms with Gasteiger partial charge in [0, 0.05) is 18.1 Å². The summed E-state index contributed by atoms with van der Waals surface area (Å²) >= 11 is 0. The molecule has 0 aliphatic rings. The van der Waals surface area contributed by atoms with E-state index in [0.29, 0.717) is 36.4 Å². The van der Waals surface area contributed by atoms with Gasteiger partial charge in [0.2, 0.25) is 0 Å². The lowest BCUT2D eigenvalue weighted by Crippen LogP contribution is -2.33. The lowest BCUT2D eigenvalue weighted by atomic mass is 10.0. The van der Waals surface area contributed by atoms with Gasteiger partial charge in [-0.05, 0) is 45.4 Å². The van der Waals surface area contributed by atoms with Gasteiger partial charge in [-0.2, -0.15) is 5.26 Å². The average Bonchev–Trinajstić information content (AvgIpc) is 2.59. The molecular formula is C20H23N3O4. The summed E-state index contributed by atoms with van der Waals surface area (Å²) in [6.07, 6.45) is 1.40. The summed E-state index contributed by atoms with van der Waals surface area (Å²) in [6.45, 7) is 6.05. The number of alkyl carbamates (subject to hydrolysis) is 1. The van der Waals surface area contributed by atoms with E-state index in [2.05, 4.69) is 10.3 Å². The van der Waals surface area contributed by atoms with E-state index in [1.165, 1.54) is 0 Å². The second kappa shape index (κ2) is 8.99. The minimum Gasteiger partial charge on any atom is -0.493 e. The normalized spacial score (nSPS) is 10.9. The number of nitrogens with one attached hydrogen (secondary N) is 1. The predicted molar refractivity (Wildman–Crippen MR) is 101 cm³/mol. The van der Waals surface area contributed by atoms with Crippen LogP contribution in [0.25, 0.3) is 10.9 Å². The highest BCUT2D eigenvalue weighted by atomic mass is 16.6. The number of nitrogens with zero attached hydrogens (tertiary/aromatic N) is 2. The highest BCUT2D eigenvalue weighted by molar-refractivity contribution is 6.09. The molecule has 2 rings (SSSR count). The molecule has 2 aromatic rings. The van der Waals surface area contributed by atoms with Gasteiger partial charge >= 0.3 is 6.09 Å². The lowest BCUT2D eigenvalue weighted by Gasteiger charge is -2.19. The van der Waals surface area contributed by atoms with Crippen LogP contribution in [0, 0.1) is 11.3 Å². The number of hydrogen-bond acceptors (Lipinski definition) is 6. The van der Waals surface area contributed by atoms with Crippen LogP contribution < -0.4 is 10.1 Å². The quantitative estimate of drug-likeness (QED) is 0.591. The molecule has 0 saturated carbocycles. The summed E-state index contributed by atoms with van der Waals surface area (Å²) in [6, 6.07) is 9.02. The number of ether oxygens (including phenoxy) is 2. The van der Waals surface area contributed by atoms with Crippen LogP contribution in [-0.4, -0.2) is 35.6 Å². The van der Waals surface area contributed by atoms with E-state index >= 15 is 0 Å². The number of Topliss-reactive ketones (excluding diaryl/α,β-unsaturated/α-hetero) is 1. The van der Waals surface area contributed by atoms with Gasteiger partial charge in [-0.1, -0.05) is 6.07 Å². The van der Waals surface area contributed by atoms with Gasteiger partial charge in [-0.3, -0.25) is 9.78 Å². The standard InChI is InChI=1S/C20H23N3O4/c1-20(2,3)27-19(25)23-12-5-13-26-16-8-7-14-6-4-11-22-18(14)17(16)15(24)9-10-21/h4,6-8,11H,5,9,12-13H2,1-3H3,(H,23,25). The molecule has 7 heteroatoms. The number of nitriles is 1. The first-order valence-electron chi connectivity index (χ1n) is 8.69. The first kappa shape index (κ1) is 20.2. The van der Waals surface area contributed by atoms with E-state index in [9.17, 15) is 9.59 Å². The Morgan fingerprint density at radius 3 is 2.74 bits per heavy atom. The molecule has 0 atom stereocenters. The number of pyridine rings is 1. The molecule has 0 bridgehead atoms. The van der Waals surface area contributed by atoms with Crippen molar-refractivity contribution in [1.82, 2.24) is 10.3 Å². The maximum absolute atomic E-state index is 12.4. The van der Waals surface area contributed by atoms with Crippen molar-refractivity contribution in [2.75, 3.05) is 13.2 Å². The molecule has 1 aromatic carbocycles. The first-order chi connectivity index (χ1) is 12.8. The van der Waals surface area contributed by atoms with Gasteiger partial charge in [0.05, 0.1) is 30.2 Å². The Labute approximate surface area is 158 Å². The Morgan fingerprint density at radius 1 is 1.26 bits per heavy atom. The number of hydrogen-bond donors (Lipinski definition) is 1. The predicted octanol–water partition coefficient (Wildman–Crippen LogP) is 3.62. The fourth-order valence-corrected chi connectivity index (χ4v) is 2.44. The Bertz CT molecular complexity index is 866. The molecule has 27 heavy (non-hydrogen) atoms. The third-order valence-corrected chi connectivity index (χ3v) is 3.50. The fraction of sp³-hybridized carbons (Fsp3) is 0.400. The van der Waals surface area contributed by atoms with Crippen LogP contribution in [0.4, 0.5) is 4.79 Å². The van der Waals surface area contributed by atoms with Crippen LogP contribution in [0.5, 0.6) is 5.75 Å². The third-order valence-electron chi connectivity index (χ3n) is 3.50. The third kappa shape index (κ3) is 5.96. The molecule has 1 aromatic heterocycles. The first-order valence-corrected chi connectivity index (χ1v) is 8.69. The molecule has 0 aliphatic carbocycles. The Balaban J connectivity index is 2.00. The largest absolute Gasteiger partial charge is 0.493 e. The van der Waals surface area contributed by atoms with Gasteiger partial charge in [-0.25, -0.2) is 4.79 Å². The van der Waals surface area contributed by atoms with E-state index in [-0.39, 0.29) is 12.2 Å². The zero-order valence-corrected chi connectivity index (χ0v) is 15.7. The lowest BCUT2D eigenvalue weighted by molar-refractivity contribution is 0.0525. The van der Waals surface area contributed by atoms with Crippen LogP contribution in [0.15, 0.2) is 30.5 Å². The molecule has 0 aliphatic heterocycles. The summed E-state index contributed by atoms with van der Waals surface area (Å²) in [5.74, 6) is 0.0578. The van der Waals surface area contributed by atoms with E-state index in [4.69, 9.17) is 14.7 Å². The van der Waals surface area contributed by atoms with E-state index < -0.39 is 11.7 Å². The van der Waals surface area contributed by atoms with Crippen molar-refractivity contribution in [3.8, 4) is 11.8 Å². The molecule has 0 saturated heterocycles. The topological polar surface area (TPSA) is 101 Å². The second-order valence-corrected chi connectivity index (χ2v) is 6.90. The zero-order valence-electron chi connectivity index (χ0n) is 15.7. The van der Waals surface area contributed by atoms with E-state index in [1.807, 2.05) is 18.2 Å². The Kier molecular flexibility index (Phi) is 6.72. The Hall–Kier alpha value is -3.14. The number of aromatic nitrogens is 1. The van der Waals surface area contributed by atoms with Gasteiger partial charge in [0.1, 0.15) is 11.4 Å². The second-order valence-electron chi connectivity index (χ2n) is 6.90. The van der Waals surface area contributed by atoms with Crippen molar-refractivity contribution in [2.24, 2.45) is 0 Å². The van der Waals surface area contributed by atoms with Crippen LogP contribution in [0.2, 0.25) is 0 Å². The van der Waals surface area contributed by atoms with Crippen LogP contribution in [0.3, 0.4) is 0 Å². The number of amides is 1. The minimum absolute atomic E-state index is 0.244. The number of fused-ring (bicyclic) bond motifs is 1. The summed E-state index contributed by atoms with van der Waals surface area (Å²) < 4.78 is 10.9. The van der Waals surface area contributed by atoms with Gasteiger partial charge < -0.3 is 14.8 Å². The molecule has 142 valence electrons. The van der Waals surface area contributed by atoms with Crippen molar-refractivity contribution in [3.63, 3.8) is 0 Å². The molecule has 1 amide bonds. The number of benzene rings is 1. The monoisotopic (exact) mass is 369 g/mol. The molecule has 7 nitrogen and oxygen atoms in total. The van der Waals surface area contributed by atoms with E-state index in [0.717, 1.165) is 5.39 Å². The number of carbonyl (C=O) groups excluding carboxylic acids is 2. The molecule has 0 unspecified atom stereocenters. The summed E-state index contributed by atoms with van der Waals surface area (Å²) in [7, 11) is 0. The SMILES string of the molecule is CC(C)(C)OC(=O)NCCCOc1ccc2cccnc2c1C(=O)CC#N. The average molecular weight is 369 g/mol. The van der Waals surface area contributed by atoms with Gasteiger partial charge in [0.15, 0.2) is 5.78 Å². The minimum atomic E-state index is -0.547. The van der Waals surface area contributed by atoms with Crippen molar-refractivity contribution < 1.29 is 19.1 Å². The molecular weight excluding hydrogens is 346 g/mol. The van der Waals surface area contributed by atoms with Crippen LogP contribution in [0.1, 0.15) is 44.0 Å². The summed E-state index contributed by atoms with van der Waals surface area (Å²) in [5.41, 5.74) is 0.284. The summed E-state index contributed by atoms with van der Waals surface area (Å²) in [5, 5.41) is 12.3. The smallest absolute Gasteiger partial charge is 0.407 e. The molecule has 1 heterocycles. The van der Waals surface area contributed by atoms with Crippen LogP contribution >= 0.6 is 0 Å². The number of ketones is 1. The van der Waals surface area contributed by atoms with E-state index in [1.54, 1.807) is 39.1 Å². The van der Waals surface area contributed by atoms with Crippen LogP contribution in [-0.2, 0) is 4.74 Å². The van der Waals surface area contributed by atoms with Crippen molar-refractivity contribution >= 4 is 22.8 Å². The molecule has 0 spiro atoms. The molecule has 0 fully saturated rings. The van der Waals surface area contributed by atoms with Crippen molar-refractivity contribution in [1.29, 1.82) is 5.26 Å². The van der Waals surface area contributed by atoms with Crippen molar-refractivity contribution in [2.45, 2.75) is 39.2 Å². The number of carbonyl (C=O) groups is 2. The fourth-order valence-electron chi connectivity index (χ4n) is 2.44. The maximum atomic E-state index is 12.4.